The van der Waals surface area contributed by atoms with E-state index in [1.165, 1.54) is 13.2 Å². The van der Waals surface area contributed by atoms with Crippen molar-refractivity contribution in [3.05, 3.63) is 56.8 Å². The van der Waals surface area contributed by atoms with Crippen LogP contribution in [0, 0.1) is 5.82 Å². The molecule has 0 fully saturated rings. The third-order valence-electron chi connectivity index (χ3n) is 3.03. The molecule has 2 rings (SSSR count). The van der Waals surface area contributed by atoms with Gasteiger partial charge in [-0.05, 0) is 39.7 Å². The molecule has 2 nitrogen and oxygen atoms in total. The highest BCUT2D eigenvalue weighted by atomic mass is 79.9. The van der Waals surface area contributed by atoms with E-state index in [1.807, 2.05) is 0 Å². The van der Waals surface area contributed by atoms with Gasteiger partial charge in [-0.2, -0.15) is 0 Å². The normalized spacial score (nSPS) is 12.1. The van der Waals surface area contributed by atoms with E-state index in [0.717, 1.165) is 4.47 Å². The fourth-order valence-corrected chi connectivity index (χ4v) is 3.09. The standard InChI is InChI=1S/C15H12BrCl2FO2/c1-20-12-7-10(16)13(21-2)6-9(12)14(17)8-4-3-5-11(19)15(8)18/h3-7,14H,1-2H3. The average Bonchev–Trinajstić information content (AvgIpc) is 2.49. The zero-order valence-corrected chi connectivity index (χ0v) is 14.4. The smallest absolute Gasteiger partial charge is 0.142 e. The molecule has 1 unspecified atom stereocenters. The van der Waals surface area contributed by atoms with Crippen molar-refractivity contribution in [2.75, 3.05) is 14.2 Å². The number of halogens is 4. The maximum absolute atomic E-state index is 13.6. The summed E-state index contributed by atoms with van der Waals surface area (Å²) in [5, 5.41) is -0.661. The van der Waals surface area contributed by atoms with Crippen molar-refractivity contribution >= 4 is 39.1 Å². The summed E-state index contributed by atoms with van der Waals surface area (Å²) >= 11 is 15.8. The molecule has 1 atom stereocenters. The minimum Gasteiger partial charge on any atom is -0.496 e. The lowest BCUT2D eigenvalue weighted by atomic mass is 10.0. The monoisotopic (exact) mass is 392 g/mol. The summed E-state index contributed by atoms with van der Waals surface area (Å²) in [4.78, 5) is 0. The Morgan fingerprint density at radius 3 is 2.38 bits per heavy atom. The minimum atomic E-state index is -0.662. The fraction of sp³-hybridized carbons (Fsp3) is 0.200. The van der Waals surface area contributed by atoms with Gasteiger partial charge >= 0.3 is 0 Å². The Labute approximate surface area is 140 Å². The summed E-state index contributed by atoms with van der Waals surface area (Å²) in [6.45, 7) is 0. The Morgan fingerprint density at radius 2 is 1.76 bits per heavy atom. The van der Waals surface area contributed by atoms with Gasteiger partial charge in [-0.15, -0.1) is 11.6 Å². The van der Waals surface area contributed by atoms with Crippen molar-refractivity contribution in [3.63, 3.8) is 0 Å². The van der Waals surface area contributed by atoms with Crippen LogP contribution in [0.15, 0.2) is 34.8 Å². The number of alkyl halides is 1. The highest BCUT2D eigenvalue weighted by molar-refractivity contribution is 9.10. The van der Waals surface area contributed by atoms with Crippen LogP contribution in [0.3, 0.4) is 0 Å². The molecule has 0 bridgehead atoms. The number of ether oxygens (including phenoxy) is 2. The number of rotatable bonds is 4. The van der Waals surface area contributed by atoms with E-state index in [1.54, 1.807) is 31.4 Å². The molecule has 6 heteroatoms. The lowest BCUT2D eigenvalue weighted by Crippen LogP contribution is -2.00. The third kappa shape index (κ3) is 3.28. The Hall–Kier alpha value is -0.970. The molecule has 0 aliphatic heterocycles. The number of hydrogen-bond donors (Lipinski definition) is 0. The number of benzene rings is 2. The zero-order valence-electron chi connectivity index (χ0n) is 11.3. The predicted molar refractivity (Wildman–Crippen MR) is 86.4 cm³/mol. The van der Waals surface area contributed by atoms with E-state index in [2.05, 4.69) is 15.9 Å². The largest absolute Gasteiger partial charge is 0.496 e. The van der Waals surface area contributed by atoms with Crippen LogP contribution < -0.4 is 9.47 Å². The molecule has 0 aliphatic carbocycles. The van der Waals surface area contributed by atoms with Gasteiger partial charge in [-0.1, -0.05) is 23.7 Å². The summed E-state index contributed by atoms with van der Waals surface area (Å²) in [6, 6.07) is 8.01. The van der Waals surface area contributed by atoms with Crippen LogP contribution in [0.25, 0.3) is 0 Å². The molecule has 2 aromatic carbocycles. The maximum Gasteiger partial charge on any atom is 0.142 e. The highest BCUT2D eigenvalue weighted by Crippen LogP contribution is 2.42. The molecule has 0 aromatic heterocycles. The predicted octanol–water partition coefficient (Wildman–Crippen LogP) is 5.59. The lowest BCUT2D eigenvalue weighted by Gasteiger charge is -2.17. The zero-order chi connectivity index (χ0) is 15.6. The Balaban J connectivity index is 2.56. The molecule has 0 saturated heterocycles. The summed E-state index contributed by atoms with van der Waals surface area (Å²) in [5.74, 6) is 0.648. The van der Waals surface area contributed by atoms with Gasteiger partial charge in [0.25, 0.3) is 0 Å². The summed E-state index contributed by atoms with van der Waals surface area (Å²) < 4.78 is 24.9. The van der Waals surface area contributed by atoms with Crippen LogP contribution >= 0.6 is 39.1 Å². The molecule has 21 heavy (non-hydrogen) atoms. The second kappa shape index (κ2) is 6.86. The first kappa shape index (κ1) is 16.4. The molecule has 0 saturated carbocycles. The first-order valence-corrected chi connectivity index (χ1v) is 7.59. The van der Waals surface area contributed by atoms with E-state index in [9.17, 15) is 4.39 Å². The molecule has 0 heterocycles. The molecule has 0 radical (unpaired) electrons. The molecule has 0 amide bonds. The fourth-order valence-electron chi connectivity index (χ4n) is 1.97. The molecular formula is C15H12BrCl2FO2. The van der Waals surface area contributed by atoms with Gasteiger partial charge < -0.3 is 9.47 Å². The van der Waals surface area contributed by atoms with Crippen LogP contribution in [0.4, 0.5) is 4.39 Å². The second-order valence-corrected chi connectivity index (χ2v) is 5.90. The van der Waals surface area contributed by atoms with Gasteiger partial charge in [0.05, 0.1) is 29.1 Å². The first-order valence-electron chi connectivity index (χ1n) is 5.99. The number of methoxy groups -OCH3 is 2. The lowest BCUT2D eigenvalue weighted by molar-refractivity contribution is 0.397. The Kier molecular flexibility index (Phi) is 5.36. The van der Waals surface area contributed by atoms with Crippen LogP contribution in [-0.2, 0) is 0 Å². The molecule has 0 spiro atoms. The molecule has 2 aromatic rings. The van der Waals surface area contributed by atoms with Crippen LogP contribution in [0.1, 0.15) is 16.5 Å². The quantitative estimate of drug-likeness (QED) is 0.630. The van der Waals surface area contributed by atoms with Crippen molar-refractivity contribution in [1.29, 1.82) is 0 Å². The summed E-state index contributed by atoms with van der Waals surface area (Å²) in [5.41, 5.74) is 1.12. The van der Waals surface area contributed by atoms with Crippen molar-refractivity contribution in [1.82, 2.24) is 0 Å². The van der Waals surface area contributed by atoms with Crippen LogP contribution in [0.5, 0.6) is 11.5 Å². The van der Waals surface area contributed by atoms with Gasteiger partial charge in [0, 0.05) is 5.56 Å². The molecule has 0 aliphatic rings. The second-order valence-electron chi connectivity index (χ2n) is 4.23. The molecular weight excluding hydrogens is 382 g/mol. The van der Waals surface area contributed by atoms with E-state index in [0.29, 0.717) is 22.6 Å². The summed E-state index contributed by atoms with van der Waals surface area (Å²) in [6.07, 6.45) is 0. The van der Waals surface area contributed by atoms with Crippen molar-refractivity contribution < 1.29 is 13.9 Å². The van der Waals surface area contributed by atoms with Crippen molar-refractivity contribution in [2.24, 2.45) is 0 Å². The van der Waals surface area contributed by atoms with Gasteiger partial charge in [0.1, 0.15) is 17.3 Å². The first-order chi connectivity index (χ1) is 9.99. The Bertz CT molecular complexity index is 664. The van der Waals surface area contributed by atoms with Gasteiger partial charge in [-0.25, -0.2) is 4.39 Å². The highest BCUT2D eigenvalue weighted by Gasteiger charge is 2.22. The third-order valence-corrected chi connectivity index (χ3v) is 4.52. The van der Waals surface area contributed by atoms with Gasteiger partial charge in [0.2, 0.25) is 0 Å². The summed E-state index contributed by atoms with van der Waals surface area (Å²) in [7, 11) is 3.09. The average molecular weight is 394 g/mol. The van der Waals surface area contributed by atoms with E-state index in [4.69, 9.17) is 32.7 Å². The van der Waals surface area contributed by atoms with E-state index in [-0.39, 0.29) is 5.02 Å². The van der Waals surface area contributed by atoms with E-state index < -0.39 is 11.2 Å². The SMILES string of the molecule is COc1cc(C(Cl)c2cccc(F)c2Cl)c(OC)cc1Br. The molecule has 112 valence electrons. The topological polar surface area (TPSA) is 18.5 Å². The van der Waals surface area contributed by atoms with Crippen molar-refractivity contribution in [2.45, 2.75) is 5.38 Å². The minimum absolute atomic E-state index is 0.00133. The Morgan fingerprint density at radius 1 is 1.10 bits per heavy atom. The maximum atomic E-state index is 13.6. The van der Waals surface area contributed by atoms with Crippen molar-refractivity contribution in [3.8, 4) is 11.5 Å². The van der Waals surface area contributed by atoms with Crippen LogP contribution in [-0.4, -0.2) is 14.2 Å². The van der Waals surface area contributed by atoms with Crippen LogP contribution in [0.2, 0.25) is 5.02 Å². The number of hydrogen-bond acceptors (Lipinski definition) is 2. The van der Waals surface area contributed by atoms with Gasteiger partial charge in [-0.3, -0.25) is 0 Å². The van der Waals surface area contributed by atoms with Gasteiger partial charge in [0.15, 0.2) is 0 Å². The molecule has 0 N–H and O–H groups in total. The van der Waals surface area contributed by atoms with E-state index >= 15 is 0 Å².